The maximum absolute atomic E-state index is 11.8. The second kappa shape index (κ2) is 5.04. The number of carboxylic acid groups (broad SMARTS) is 1. The summed E-state index contributed by atoms with van der Waals surface area (Å²) in [5.74, 6) is -1.18. The second-order valence-electron chi connectivity index (χ2n) is 5.79. The predicted molar refractivity (Wildman–Crippen MR) is 62.6 cm³/mol. The van der Waals surface area contributed by atoms with E-state index >= 15 is 0 Å². The zero-order chi connectivity index (χ0) is 13.1. The van der Waals surface area contributed by atoms with E-state index in [2.05, 4.69) is 5.32 Å². The Bertz CT molecular complexity index is 300. The maximum atomic E-state index is 11.8. The zero-order valence-corrected chi connectivity index (χ0v) is 10.7. The van der Waals surface area contributed by atoms with Gasteiger partial charge >= 0.3 is 5.97 Å². The van der Waals surface area contributed by atoms with Crippen molar-refractivity contribution in [2.24, 2.45) is 5.41 Å². The number of hydrogen-bond acceptors (Lipinski definition) is 3. The molecule has 0 aromatic rings. The zero-order valence-electron chi connectivity index (χ0n) is 10.7. The molecule has 0 unspecified atom stereocenters. The molecule has 98 valence electrons. The van der Waals surface area contributed by atoms with Crippen LogP contribution in [0.4, 0.5) is 0 Å². The summed E-state index contributed by atoms with van der Waals surface area (Å²) in [5.41, 5.74) is -1.28. The number of carboxylic acids is 1. The lowest BCUT2D eigenvalue weighted by molar-refractivity contribution is -0.152. The van der Waals surface area contributed by atoms with Gasteiger partial charge in [-0.25, -0.2) is 4.79 Å². The number of nitrogens with one attached hydrogen (secondary N) is 1. The van der Waals surface area contributed by atoms with Gasteiger partial charge in [-0.3, -0.25) is 4.79 Å². The fraction of sp³-hybridized carbons (Fsp3) is 0.833. The van der Waals surface area contributed by atoms with Crippen molar-refractivity contribution < 1.29 is 19.4 Å². The molecular weight excluding hydrogens is 222 g/mol. The van der Waals surface area contributed by atoms with Crippen LogP contribution in [-0.4, -0.2) is 35.7 Å². The normalized spacial score (nSPS) is 19.7. The van der Waals surface area contributed by atoms with Crippen LogP contribution in [0, 0.1) is 5.41 Å². The van der Waals surface area contributed by atoms with Crippen LogP contribution in [0.15, 0.2) is 0 Å². The SMILES string of the molecule is CC(C)(C)CC(=O)NC1(C(=O)O)CCOCC1. The number of ether oxygens (including phenoxy) is 1. The minimum atomic E-state index is -1.14. The molecular formula is C12H21NO4. The van der Waals surface area contributed by atoms with E-state index in [1.54, 1.807) is 0 Å². The molecule has 5 heteroatoms. The van der Waals surface area contributed by atoms with Crippen LogP contribution in [0.5, 0.6) is 0 Å². The van der Waals surface area contributed by atoms with Crippen LogP contribution < -0.4 is 5.32 Å². The summed E-state index contributed by atoms with van der Waals surface area (Å²) < 4.78 is 5.14. The van der Waals surface area contributed by atoms with Crippen LogP contribution >= 0.6 is 0 Å². The van der Waals surface area contributed by atoms with E-state index < -0.39 is 11.5 Å². The molecule has 0 spiro atoms. The second-order valence-corrected chi connectivity index (χ2v) is 5.79. The summed E-state index contributed by atoms with van der Waals surface area (Å²) >= 11 is 0. The van der Waals surface area contributed by atoms with Crippen molar-refractivity contribution in [2.75, 3.05) is 13.2 Å². The van der Waals surface area contributed by atoms with Crippen LogP contribution in [0.2, 0.25) is 0 Å². The molecule has 0 radical (unpaired) electrons. The van der Waals surface area contributed by atoms with E-state index in [1.807, 2.05) is 20.8 Å². The van der Waals surface area contributed by atoms with Crippen molar-refractivity contribution in [3.8, 4) is 0 Å². The predicted octanol–water partition coefficient (Wildman–Crippen LogP) is 1.17. The first kappa shape index (κ1) is 14.0. The molecule has 1 saturated heterocycles. The molecule has 0 aliphatic carbocycles. The summed E-state index contributed by atoms with van der Waals surface area (Å²) in [6.45, 7) is 6.60. The van der Waals surface area contributed by atoms with Crippen molar-refractivity contribution in [1.82, 2.24) is 5.32 Å². The fourth-order valence-corrected chi connectivity index (χ4v) is 1.90. The first-order chi connectivity index (χ1) is 7.75. The third-order valence-corrected chi connectivity index (χ3v) is 2.83. The van der Waals surface area contributed by atoms with Crippen molar-refractivity contribution >= 4 is 11.9 Å². The van der Waals surface area contributed by atoms with Crippen LogP contribution in [0.25, 0.3) is 0 Å². The van der Waals surface area contributed by atoms with Gasteiger partial charge in [0, 0.05) is 32.5 Å². The molecule has 1 amide bonds. The summed E-state index contributed by atoms with van der Waals surface area (Å²) in [6, 6.07) is 0. The fourth-order valence-electron chi connectivity index (χ4n) is 1.90. The summed E-state index contributed by atoms with van der Waals surface area (Å²) in [5, 5.41) is 11.9. The van der Waals surface area contributed by atoms with Crippen molar-refractivity contribution in [3.63, 3.8) is 0 Å². The Hall–Kier alpha value is -1.10. The van der Waals surface area contributed by atoms with E-state index in [0.29, 0.717) is 32.5 Å². The number of rotatable bonds is 3. The van der Waals surface area contributed by atoms with E-state index in [1.165, 1.54) is 0 Å². The Kier molecular flexibility index (Phi) is 4.14. The van der Waals surface area contributed by atoms with Gasteiger partial charge in [0.2, 0.25) is 5.91 Å². The Labute approximate surface area is 102 Å². The number of carbonyl (C=O) groups excluding carboxylic acids is 1. The monoisotopic (exact) mass is 243 g/mol. The van der Waals surface area contributed by atoms with E-state index in [4.69, 9.17) is 4.74 Å². The molecule has 1 aliphatic rings. The van der Waals surface area contributed by atoms with Gasteiger partial charge in [-0.2, -0.15) is 0 Å². The van der Waals surface area contributed by atoms with Crippen molar-refractivity contribution in [1.29, 1.82) is 0 Å². The molecule has 0 saturated carbocycles. The number of amides is 1. The lowest BCUT2D eigenvalue weighted by atomic mass is 9.87. The number of hydrogen-bond donors (Lipinski definition) is 2. The highest BCUT2D eigenvalue weighted by Gasteiger charge is 2.41. The van der Waals surface area contributed by atoms with Gasteiger partial charge in [-0.15, -0.1) is 0 Å². The Morgan fingerprint density at radius 2 is 1.82 bits per heavy atom. The first-order valence-electron chi connectivity index (χ1n) is 5.87. The van der Waals surface area contributed by atoms with E-state index in [9.17, 15) is 14.7 Å². The Morgan fingerprint density at radius 3 is 2.24 bits per heavy atom. The van der Waals surface area contributed by atoms with Crippen LogP contribution in [-0.2, 0) is 14.3 Å². The Balaban J connectivity index is 2.67. The summed E-state index contributed by atoms with van der Waals surface area (Å²) in [6.07, 6.45) is 0.985. The minimum Gasteiger partial charge on any atom is -0.480 e. The largest absolute Gasteiger partial charge is 0.480 e. The van der Waals surface area contributed by atoms with Gasteiger partial charge in [0.15, 0.2) is 0 Å². The molecule has 1 aliphatic heterocycles. The molecule has 1 heterocycles. The van der Waals surface area contributed by atoms with Gasteiger partial charge in [-0.05, 0) is 5.41 Å². The molecule has 0 aromatic heterocycles. The standard InChI is InChI=1S/C12H21NO4/c1-11(2,3)8-9(14)13-12(10(15)16)4-6-17-7-5-12/h4-8H2,1-3H3,(H,13,14)(H,15,16). The molecule has 0 bridgehead atoms. The maximum Gasteiger partial charge on any atom is 0.329 e. The number of carbonyl (C=O) groups is 2. The average Bonchev–Trinajstić information content (AvgIpc) is 2.15. The highest BCUT2D eigenvalue weighted by molar-refractivity contribution is 5.87. The molecule has 5 nitrogen and oxygen atoms in total. The summed E-state index contributed by atoms with van der Waals surface area (Å²) in [4.78, 5) is 23.1. The van der Waals surface area contributed by atoms with E-state index in [-0.39, 0.29) is 11.3 Å². The first-order valence-corrected chi connectivity index (χ1v) is 5.87. The molecule has 1 rings (SSSR count). The van der Waals surface area contributed by atoms with Gasteiger partial charge in [-0.1, -0.05) is 20.8 Å². The highest BCUT2D eigenvalue weighted by Crippen LogP contribution is 2.23. The van der Waals surface area contributed by atoms with E-state index in [0.717, 1.165) is 0 Å². The van der Waals surface area contributed by atoms with Gasteiger partial charge in [0.1, 0.15) is 5.54 Å². The highest BCUT2D eigenvalue weighted by atomic mass is 16.5. The minimum absolute atomic E-state index is 0.144. The van der Waals surface area contributed by atoms with Gasteiger partial charge < -0.3 is 15.2 Å². The third kappa shape index (κ3) is 4.00. The molecule has 0 atom stereocenters. The smallest absolute Gasteiger partial charge is 0.329 e. The average molecular weight is 243 g/mol. The van der Waals surface area contributed by atoms with Crippen LogP contribution in [0.1, 0.15) is 40.0 Å². The number of aliphatic carboxylic acids is 1. The quantitative estimate of drug-likeness (QED) is 0.780. The lowest BCUT2D eigenvalue weighted by Gasteiger charge is -2.34. The van der Waals surface area contributed by atoms with Crippen LogP contribution in [0.3, 0.4) is 0 Å². The summed E-state index contributed by atoms with van der Waals surface area (Å²) in [7, 11) is 0. The van der Waals surface area contributed by atoms with Crippen molar-refractivity contribution in [2.45, 2.75) is 45.6 Å². The van der Waals surface area contributed by atoms with Gasteiger partial charge in [0.25, 0.3) is 0 Å². The topological polar surface area (TPSA) is 75.6 Å². The molecule has 17 heavy (non-hydrogen) atoms. The lowest BCUT2D eigenvalue weighted by Crippen LogP contribution is -2.57. The molecule has 0 aromatic carbocycles. The van der Waals surface area contributed by atoms with Crippen molar-refractivity contribution in [3.05, 3.63) is 0 Å². The third-order valence-electron chi connectivity index (χ3n) is 2.83. The Morgan fingerprint density at radius 1 is 1.29 bits per heavy atom. The van der Waals surface area contributed by atoms with Gasteiger partial charge in [0.05, 0.1) is 0 Å². The molecule has 2 N–H and O–H groups in total. The molecule has 1 fully saturated rings.